The van der Waals surface area contributed by atoms with Crippen molar-refractivity contribution in [2.45, 2.75) is 19.8 Å². The van der Waals surface area contributed by atoms with E-state index < -0.39 is 0 Å². The Labute approximate surface area is 146 Å². The van der Waals surface area contributed by atoms with E-state index in [4.69, 9.17) is 10.5 Å². The van der Waals surface area contributed by atoms with Gasteiger partial charge in [0, 0.05) is 23.4 Å². The van der Waals surface area contributed by atoms with Crippen LogP contribution >= 0.6 is 0 Å². The first-order chi connectivity index (χ1) is 12.0. The first kappa shape index (κ1) is 18.3. The second-order valence-electron chi connectivity index (χ2n) is 5.58. The number of rotatable bonds is 7. The van der Waals surface area contributed by atoms with Gasteiger partial charge in [0.15, 0.2) is 0 Å². The zero-order chi connectivity index (χ0) is 18.2. The topological polar surface area (TPSA) is 90.6 Å². The lowest BCUT2D eigenvalue weighted by atomic mass is 10.1. The van der Waals surface area contributed by atoms with Crippen LogP contribution in [-0.4, -0.2) is 25.6 Å². The van der Waals surface area contributed by atoms with E-state index >= 15 is 0 Å². The van der Waals surface area contributed by atoms with Crippen LogP contribution in [0.5, 0.6) is 5.75 Å². The highest BCUT2D eigenvalue weighted by Crippen LogP contribution is 2.19. The molecule has 0 radical (unpaired) electrons. The van der Waals surface area contributed by atoms with Crippen molar-refractivity contribution in [3.63, 3.8) is 0 Å². The van der Waals surface area contributed by atoms with Gasteiger partial charge in [-0.3, -0.25) is 9.59 Å². The summed E-state index contributed by atoms with van der Waals surface area (Å²) >= 11 is 0. The third kappa shape index (κ3) is 5.53. The summed E-state index contributed by atoms with van der Waals surface area (Å²) in [5, 5.41) is 2.83. The minimum atomic E-state index is -0.251. The monoisotopic (exact) mass is 342 g/mol. The van der Waals surface area contributed by atoms with Crippen LogP contribution in [0, 0.1) is 6.92 Å². The van der Waals surface area contributed by atoms with Gasteiger partial charge in [-0.05, 0) is 55.3 Å². The lowest BCUT2D eigenvalue weighted by Gasteiger charge is -2.10. The van der Waals surface area contributed by atoms with Gasteiger partial charge >= 0.3 is 5.97 Å². The third-order valence-corrected chi connectivity index (χ3v) is 3.64. The van der Waals surface area contributed by atoms with Gasteiger partial charge in [0.2, 0.25) is 0 Å². The number of aryl methyl sites for hydroxylation is 1. The van der Waals surface area contributed by atoms with E-state index in [0.29, 0.717) is 42.1 Å². The fourth-order valence-corrected chi connectivity index (χ4v) is 2.23. The summed E-state index contributed by atoms with van der Waals surface area (Å²) in [5.74, 6) is 0.207. The number of nitrogens with two attached hydrogens (primary N) is 1. The summed E-state index contributed by atoms with van der Waals surface area (Å²) < 4.78 is 10.1. The molecule has 2 aromatic carbocycles. The standard InChI is InChI=1S/C19H22N2O4/c1-13-5-6-14(20)12-17(13)19(23)21-15-7-9-16(10-8-15)25-11-3-4-18(22)24-2/h5-10,12H,3-4,11,20H2,1-2H3,(H,21,23). The maximum absolute atomic E-state index is 12.3. The zero-order valence-corrected chi connectivity index (χ0v) is 14.4. The van der Waals surface area contributed by atoms with Crippen molar-refractivity contribution in [3.8, 4) is 5.75 Å². The molecular weight excluding hydrogens is 320 g/mol. The predicted molar refractivity (Wildman–Crippen MR) is 96.7 cm³/mol. The summed E-state index contributed by atoms with van der Waals surface area (Å²) in [6.07, 6.45) is 0.907. The maximum Gasteiger partial charge on any atom is 0.305 e. The highest BCUT2D eigenvalue weighted by molar-refractivity contribution is 6.05. The molecule has 0 aliphatic heterocycles. The van der Waals surface area contributed by atoms with Crippen LogP contribution in [0.15, 0.2) is 42.5 Å². The van der Waals surface area contributed by atoms with E-state index in [2.05, 4.69) is 10.1 Å². The molecule has 0 saturated heterocycles. The first-order valence-corrected chi connectivity index (χ1v) is 7.97. The molecule has 0 spiro atoms. The van der Waals surface area contributed by atoms with Crippen molar-refractivity contribution in [2.75, 3.05) is 24.8 Å². The molecule has 0 heterocycles. The Hall–Kier alpha value is -3.02. The quantitative estimate of drug-likeness (QED) is 0.458. The molecule has 2 rings (SSSR count). The van der Waals surface area contributed by atoms with Gasteiger partial charge in [0.05, 0.1) is 13.7 Å². The molecule has 0 unspecified atom stereocenters. The highest BCUT2D eigenvalue weighted by Gasteiger charge is 2.10. The minimum Gasteiger partial charge on any atom is -0.494 e. The van der Waals surface area contributed by atoms with Crippen LogP contribution in [0.1, 0.15) is 28.8 Å². The van der Waals surface area contributed by atoms with Crippen molar-refractivity contribution in [1.29, 1.82) is 0 Å². The number of carbonyl (C=O) groups excluding carboxylic acids is 2. The zero-order valence-electron chi connectivity index (χ0n) is 14.4. The van der Waals surface area contributed by atoms with Crippen molar-refractivity contribution < 1.29 is 19.1 Å². The first-order valence-electron chi connectivity index (χ1n) is 7.97. The Morgan fingerprint density at radius 1 is 1.12 bits per heavy atom. The van der Waals surface area contributed by atoms with Crippen LogP contribution in [0.4, 0.5) is 11.4 Å². The summed E-state index contributed by atoms with van der Waals surface area (Å²) in [7, 11) is 1.36. The molecule has 0 aliphatic carbocycles. The van der Waals surface area contributed by atoms with Crippen molar-refractivity contribution in [3.05, 3.63) is 53.6 Å². The van der Waals surface area contributed by atoms with Gasteiger partial charge in [-0.2, -0.15) is 0 Å². The molecule has 2 aromatic rings. The molecular formula is C19H22N2O4. The second kappa shape index (κ2) is 8.73. The molecule has 0 atom stereocenters. The van der Waals surface area contributed by atoms with Crippen molar-refractivity contribution in [1.82, 2.24) is 0 Å². The summed E-state index contributed by atoms with van der Waals surface area (Å²) in [6.45, 7) is 2.28. The maximum atomic E-state index is 12.3. The fraction of sp³-hybridized carbons (Fsp3) is 0.263. The summed E-state index contributed by atoms with van der Waals surface area (Å²) in [6, 6.07) is 12.3. The Morgan fingerprint density at radius 2 is 1.84 bits per heavy atom. The molecule has 132 valence electrons. The number of hydrogen-bond donors (Lipinski definition) is 2. The number of amides is 1. The van der Waals surface area contributed by atoms with Gasteiger partial charge in [-0.15, -0.1) is 0 Å². The molecule has 0 saturated carbocycles. The molecule has 0 aromatic heterocycles. The number of nitrogen functional groups attached to an aromatic ring is 1. The average Bonchev–Trinajstić information content (AvgIpc) is 2.61. The van der Waals surface area contributed by atoms with E-state index in [9.17, 15) is 9.59 Å². The number of carbonyl (C=O) groups is 2. The number of anilines is 2. The van der Waals surface area contributed by atoms with Crippen LogP contribution in [0.25, 0.3) is 0 Å². The predicted octanol–water partition coefficient (Wildman–Crippen LogP) is 3.16. The smallest absolute Gasteiger partial charge is 0.305 e. The number of hydrogen-bond acceptors (Lipinski definition) is 5. The van der Waals surface area contributed by atoms with E-state index in [1.54, 1.807) is 36.4 Å². The molecule has 0 bridgehead atoms. The number of nitrogens with one attached hydrogen (secondary N) is 1. The number of esters is 1. The molecule has 1 amide bonds. The SMILES string of the molecule is COC(=O)CCCOc1ccc(NC(=O)c2cc(N)ccc2C)cc1. The van der Waals surface area contributed by atoms with E-state index in [0.717, 1.165) is 5.56 Å². The van der Waals surface area contributed by atoms with E-state index in [1.807, 2.05) is 13.0 Å². The number of ether oxygens (including phenoxy) is 2. The third-order valence-electron chi connectivity index (χ3n) is 3.64. The Balaban J connectivity index is 1.88. The van der Waals surface area contributed by atoms with Crippen molar-refractivity contribution in [2.24, 2.45) is 0 Å². The lowest BCUT2D eigenvalue weighted by Crippen LogP contribution is -2.13. The van der Waals surface area contributed by atoms with Gasteiger partial charge in [-0.25, -0.2) is 0 Å². The second-order valence-corrected chi connectivity index (χ2v) is 5.58. The molecule has 25 heavy (non-hydrogen) atoms. The molecule has 3 N–H and O–H groups in total. The van der Waals surface area contributed by atoms with Gasteiger partial charge in [-0.1, -0.05) is 6.07 Å². The number of benzene rings is 2. The van der Waals surface area contributed by atoms with Gasteiger partial charge in [0.1, 0.15) is 5.75 Å². The van der Waals surface area contributed by atoms with Crippen LogP contribution in [0.3, 0.4) is 0 Å². The molecule has 6 heteroatoms. The van der Waals surface area contributed by atoms with Crippen LogP contribution in [0.2, 0.25) is 0 Å². The Morgan fingerprint density at radius 3 is 2.52 bits per heavy atom. The van der Waals surface area contributed by atoms with Crippen LogP contribution < -0.4 is 15.8 Å². The largest absolute Gasteiger partial charge is 0.494 e. The van der Waals surface area contributed by atoms with Crippen LogP contribution in [-0.2, 0) is 9.53 Å². The van der Waals surface area contributed by atoms with E-state index in [1.165, 1.54) is 7.11 Å². The molecule has 0 fully saturated rings. The van der Waals surface area contributed by atoms with Gasteiger partial charge in [0.25, 0.3) is 5.91 Å². The summed E-state index contributed by atoms with van der Waals surface area (Å²) in [5.41, 5.74) is 8.35. The number of methoxy groups -OCH3 is 1. The fourth-order valence-electron chi connectivity index (χ4n) is 2.23. The molecule has 6 nitrogen and oxygen atoms in total. The molecule has 0 aliphatic rings. The summed E-state index contributed by atoms with van der Waals surface area (Å²) in [4.78, 5) is 23.3. The normalized spacial score (nSPS) is 10.2. The lowest BCUT2D eigenvalue weighted by molar-refractivity contribution is -0.140. The minimum absolute atomic E-state index is 0.212. The Kier molecular flexibility index (Phi) is 6.39. The highest BCUT2D eigenvalue weighted by atomic mass is 16.5. The average molecular weight is 342 g/mol. The van der Waals surface area contributed by atoms with Crippen molar-refractivity contribution >= 4 is 23.3 Å². The van der Waals surface area contributed by atoms with E-state index in [-0.39, 0.29) is 11.9 Å². The van der Waals surface area contributed by atoms with Gasteiger partial charge < -0.3 is 20.5 Å². The Bertz CT molecular complexity index is 742.